The number of amidine groups is 1. The van der Waals surface area contributed by atoms with E-state index in [2.05, 4.69) is 9.46 Å². The number of rotatable bonds is 7. The van der Waals surface area contributed by atoms with Gasteiger partial charge < -0.3 is 15.2 Å². The zero-order chi connectivity index (χ0) is 30.1. The van der Waals surface area contributed by atoms with Gasteiger partial charge in [0.2, 0.25) is 0 Å². The van der Waals surface area contributed by atoms with E-state index >= 15 is 0 Å². The van der Waals surface area contributed by atoms with E-state index in [-0.39, 0.29) is 33.1 Å². The molecule has 0 atom stereocenters. The molecule has 0 radical (unpaired) electrons. The van der Waals surface area contributed by atoms with E-state index in [1.54, 1.807) is 24.3 Å². The molecule has 4 rings (SSSR count). The molecule has 0 saturated carbocycles. The first-order valence-corrected chi connectivity index (χ1v) is 13.4. The van der Waals surface area contributed by atoms with E-state index in [9.17, 15) is 31.2 Å². The van der Waals surface area contributed by atoms with Gasteiger partial charge >= 0.3 is 18.1 Å². The molecule has 4 aromatic rings. The highest BCUT2D eigenvalue weighted by Crippen LogP contribution is 2.34. The summed E-state index contributed by atoms with van der Waals surface area (Å²) in [6.07, 6.45) is -5.48. The van der Waals surface area contributed by atoms with Crippen LogP contribution in [0.2, 0.25) is 10.0 Å². The Labute approximate surface area is 240 Å². The molecule has 0 aliphatic rings. The molecule has 4 aromatic carbocycles. The molecule has 0 aromatic heterocycles. The first-order valence-electron chi connectivity index (χ1n) is 11.2. The molecular weight excluding hydrogens is 610 g/mol. The molecule has 212 valence electrons. The predicted molar refractivity (Wildman–Crippen MR) is 145 cm³/mol. The fourth-order valence-corrected chi connectivity index (χ4v) is 5.33. The van der Waals surface area contributed by atoms with Gasteiger partial charge in [0.1, 0.15) is 27.8 Å². The molecule has 0 unspecified atom stereocenters. The Morgan fingerprint density at radius 3 is 2.29 bits per heavy atom. The maximum absolute atomic E-state index is 12.9. The number of nitrogens with two attached hydrogens (primary N) is 1. The van der Waals surface area contributed by atoms with Crippen LogP contribution in [0.4, 0.5) is 18.9 Å². The van der Waals surface area contributed by atoms with Crippen molar-refractivity contribution in [3.05, 3.63) is 94.0 Å². The summed E-state index contributed by atoms with van der Waals surface area (Å²) in [4.78, 5) is 23.6. The van der Waals surface area contributed by atoms with Gasteiger partial charge in [-0.25, -0.2) is 18.0 Å². The van der Waals surface area contributed by atoms with Crippen LogP contribution >= 0.6 is 23.2 Å². The van der Waals surface area contributed by atoms with Gasteiger partial charge in [-0.3, -0.25) is 10.1 Å². The van der Waals surface area contributed by atoms with Crippen molar-refractivity contribution >= 4 is 67.5 Å². The minimum Gasteiger partial charge on any atom is -0.456 e. The Bertz CT molecular complexity index is 1830. The van der Waals surface area contributed by atoms with Gasteiger partial charge in [0, 0.05) is 11.3 Å². The van der Waals surface area contributed by atoms with Crippen molar-refractivity contribution in [2.45, 2.75) is 11.1 Å². The van der Waals surface area contributed by atoms with Crippen molar-refractivity contribution in [3.63, 3.8) is 0 Å². The lowest BCUT2D eigenvalue weighted by molar-refractivity contribution is -0.193. The Hall–Kier alpha value is -4.33. The number of anilines is 1. The second-order valence-corrected chi connectivity index (χ2v) is 10.7. The highest BCUT2D eigenvalue weighted by atomic mass is 35.5. The third kappa shape index (κ3) is 6.70. The van der Waals surface area contributed by atoms with Gasteiger partial charge in [-0.2, -0.15) is 13.2 Å². The lowest BCUT2D eigenvalue weighted by Gasteiger charge is -2.15. The molecule has 0 heterocycles. The average molecular weight is 626 g/mol. The minimum atomic E-state index is -5.48. The van der Waals surface area contributed by atoms with Crippen molar-refractivity contribution in [2.75, 3.05) is 4.72 Å². The van der Waals surface area contributed by atoms with E-state index in [0.717, 1.165) is 24.3 Å². The fraction of sp³-hybridized carbons (Fsp3) is 0.0385. The van der Waals surface area contributed by atoms with Gasteiger partial charge in [0.05, 0.1) is 10.0 Å². The monoisotopic (exact) mass is 625 g/mol. The largest absolute Gasteiger partial charge is 0.491 e. The number of halogens is 5. The van der Waals surface area contributed by atoms with Crippen LogP contribution in [0, 0.1) is 5.41 Å². The van der Waals surface area contributed by atoms with E-state index in [0.29, 0.717) is 16.3 Å². The van der Waals surface area contributed by atoms with E-state index in [1.165, 1.54) is 24.3 Å². The summed E-state index contributed by atoms with van der Waals surface area (Å²) >= 11 is 11.9. The number of nitrogens with one attached hydrogen (secondary N) is 2. The highest BCUT2D eigenvalue weighted by Gasteiger charge is 2.43. The molecular formula is C26H16Cl2F3N3O6S. The average Bonchev–Trinajstić information content (AvgIpc) is 2.89. The maximum atomic E-state index is 12.9. The van der Waals surface area contributed by atoms with Gasteiger partial charge in [0.25, 0.3) is 10.0 Å². The fourth-order valence-electron chi connectivity index (χ4n) is 3.52. The second kappa shape index (κ2) is 11.3. The quantitative estimate of drug-likeness (QED) is 0.0948. The molecule has 0 fully saturated rings. The zero-order valence-corrected chi connectivity index (χ0v) is 22.6. The third-order valence-electron chi connectivity index (χ3n) is 5.42. The number of esters is 2. The summed E-state index contributed by atoms with van der Waals surface area (Å²) in [7, 11) is -4.39. The maximum Gasteiger partial charge on any atom is 0.491 e. The number of hydrogen-bond donors (Lipinski definition) is 3. The first kappa shape index (κ1) is 29.6. The molecule has 0 saturated heterocycles. The normalized spacial score (nSPS) is 11.6. The lowest BCUT2D eigenvalue weighted by Crippen LogP contribution is -2.28. The Kier molecular flexibility index (Phi) is 8.15. The highest BCUT2D eigenvalue weighted by molar-refractivity contribution is 7.92. The molecule has 9 nitrogen and oxygen atoms in total. The molecule has 0 aliphatic carbocycles. The van der Waals surface area contributed by atoms with Crippen molar-refractivity contribution < 1.29 is 40.7 Å². The molecule has 4 N–H and O–H groups in total. The van der Waals surface area contributed by atoms with E-state index in [1.807, 2.05) is 0 Å². The SMILES string of the molecule is N=C(N)c1ccc2cc(Oc3ccc(NS(=O)(=O)c4cccc(Cl)c4Cl)cc3C(=O)OC(=O)C(F)(F)F)ccc2c1. The number of sulfonamides is 1. The second-order valence-electron chi connectivity index (χ2n) is 8.28. The number of hydrogen-bond acceptors (Lipinski definition) is 7. The van der Waals surface area contributed by atoms with Crippen LogP contribution in [0.15, 0.2) is 77.7 Å². The Morgan fingerprint density at radius 1 is 0.927 bits per heavy atom. The number of carbonyl (C=O) groups is 2. The van der Waals surface area contributed by atoms with Gasteiger partial charge in [-0.15, -0.1) is 0 Å². The standard InChI is InChI=1S/C26H16Cl2F3N3O6S/c27-19-2-1-3-21(22(19)28)41(37,38)34-16-7-9-20(18(12-16)24(35)40-25(36)26(29,30)31)39-17-8-6-13-10-15(23(32)33)5-4-14(13)11-17/h1-12,34H,(H3,32,33). The van der Waals surface area contributed by atoms with E-state index < -0.39 is 38.6 Å². The van der Waals surface area contributed by atoms with Gasteiger partial charge in [-0.05, 0) is 59.3 Å². The number of nitrogen functional groups attached to an aromatic ring is 1. The van der Waals surface area contributed by atoms with Gasteiger partial charge in [-0.1, -0.05) is 47.5 Å². The molecule has 0 bridgehead atoms. The lowest BCUT2D eigenvalue weighted by atomic mass is 10.1. The topological polar surface area (TPSA) is 149 Å². The summed E-state index contributed by atoms with van der Waals surface area (Å²) in [6, 6.07) is 16.4. The molecule has 0 spiro atoms. The Morgan fingerprint density at radius 2 is 1.61 bits per heavy atom. The molecule has 15 heteroatoms. The van der Waals surface area contributed by atoms with Crippen molar-refractivity contribution in [3.8, 4) is 11.5 Å². The van der Waals surface area contributed by atoms with Crippen LogP contribution in [-0.2, 0) is 19.6 Å². The minimum absolute atomic E-state index is 0.0545. The number of fused-ring (bicyclic) bond motifs is 1. The summed E-state index contributed by atoms with van der Waals surface area (Å²) < 4.78 is 75.9. The zero-order valence-electron chi connectivity index (χ0n) is 20.3. The Balaban J connectivity index is 1.72. The molecule has 0 amide bonds. The van der Waals surface area contributed by atoms with Crippen molar-refractivity contribution in [1.29, 1.82) is 5.41 Å². The molecule has 41 heavy (non-hydrogen) atoms. The van der Waals surface area contributed by atoms with Crippen LogP contribution in [0.3, 0.4) is 0 Å². The summed E-state index contributed by atoms with van der Waals surface area (Å²) in [5.41, 5.74) is 4.98. The van der Waals surface area contributed by atoms with Crippen LogP contribution in [-0.4, -0.2) is 32.4 Å². The summed E-state index contributed by atoms with van der Waals surface area (Å²) in [5.74, 6) is -4.90. The van der Waals surface area contributed by atoms with Crippen LogP contribution in [0.1, 0.15) is 15.9 Å². The van der Waals surface area contributed by atoms with Crippen molar-refractivity contribution in [2.24, 2.45) is 5.73 Å². The van der Waals surface area contributed by atoms with Crippen LogP contribution in [0.25, 0.3) is 10.8 Å². The van der Waals surface area contributed by atoms with Crippen LogP contribution in [0.5, 0.6) is 11.5 Å². The van der Waals surface area contributed by atoms with Crippen molar-refractivity contribution in [1.82, 2.24) is 0 Å². The number of carbonyl (C=O) groups excluding carboxylic acids is 2. The third-order valence-corrected chi connectivity index (χ3v) is 7.78. The van der Waals surface area contributed by atoms with Crippen LogP contribution < -0.4 is 15.2 Å². The smallest absolute Gasteiger partial charge is 0.456 e. The van der Waals surface area contributed by atoms with Gasteiger partial charge in [0.15, 0.2) is 0 Å². The summed E-state index contributed by atoms with van der Waals surface area (Å²) in [5, 5.41) is 8.53. The number of ether oxygens (including phenoxy) is 2. The number of benzene rings is 4. The molecule has 0 aliphatic heterocycles. The number of alkyl halides is 3. The predicted octanol–water partition coefficient (Wildman–Crippen LogP) is 6.27. The summed E-state index contributed by atoms with van der Waals surface area (Å²) in [6.45, 7) is 0. The first-order chi connectivity index (χ1) is 19.2. The van der Waals surface area contributed by atoms with E-state index in [4.69, 9.17) is 39.1 Å².